The van der Waals surface area contributed by atoms with Gasteiger partial charge in [0.25, 0.3) is 0 Å². The highest BCUT2D eigenvalue weighted by atomic mass is 16.3. The monoisotopic (exact) mass is 251 g/mol. The van der Waals surface area contributed by atoms with E-state index in [0.717, 1.165) is 25.2 Å². The van der Waals surface area contributed by atoms with Crippen molar-refractivity contribution in [1.82, 2.24) is 14.7 Å². The lowest BCUT2D eigenvalue weighted by atomic mass is 9.91. The molecule has 0 amide bonds. The van der Waals surface area contributed by atoms with Gasteiger partial charge in [0, 0.05) is 38.0 Å². The van der Waals surface area contributed by atoms with Gasteiger partial charge in [-0.05, 0) is 39.2 Å². The molecule has 4 heteroatoms. The third kappa shape index (κ3) is 3.33. The summed E-state index contributed by atoms with van der Waals surface area (Å²) in [6.45, 7) is 6.47. The SMILES string of the molecule is CC(C)n1ccc(CN(CCCO)C2CCC2)n1. The second-order valence-corrected chi connectivity index (χ2v) is 5.51. The first-order valence-electron chi connectivity index (χ1n) is 7.09. The van der Waals surface area contributed by atoms with Gasteiger partial charge < -0.3 is 5.11 Å². The molecule has 0 aromatic carbocycles. The Labute approximate surface area is 110 Å². The zero-order chi connectivity index (χ0) is 13.0. The Bertz CT molecular complexity index is 358. The van der Waals surface area contributed by atoms with E-state index in [1.54, 1.807) is 0 Å². The van der Waals surface area contributed by atoms with Gasteiger partial charge in [0.15, 0.2) is 0 Å². The first-order valence-corrected chi connectivity index (χ1v) is 7.09. The maximum absolute atomic E-state index is 8.98. The van der Waals surface area contributed by atoms with Crippen LogP contribution in [0.25, 0.3) is 0 Å². The van der Waals surface area contributed by atoms with Gasteiger partial charge in [0.2, 0.25) is 0 Å². The molecule has 2 rings (SSSR count). The Kier molecular flexibility index (Phi) is 4.78. The number of hydrogen-bond acceptors (Lipinski definition) is 3. The normalized spacial score (nSPS) is 16.5. The lowest BCUT2D eigenvalue weighted by Gasteiger charge is -2.37. The van der Waals surface area contributed by atoms with E-state index in [2.05, 4.69) is 36.1 Å². The van der Waals surface area contributed by atoms with Gasteiger partial charge in [-0.2, -0.15) is 5.10 Å². The van der Waals surface area contributed by atoms with Gasteiger partial charge in [-0.3, -0.25) is 9.58 Å². The van der Waals surface area contributed by atoms with Crippen LogP contribution < -0.4 is 0 Å². The minimum absolute atomic E-state index is 0.281. The fraction of sp³-hybridized carbons (Fsp3) is 0.786. The van der Waals surface area contributed by atoms with Crippen LogP contribution in [-0.2, 0) is 6.54 Å². The standard InChI is InChI=1S/C14H25N3O/c1-12(2)17-9-7-13(15-17)11-16(8-4-10-18)14-5-3-6-14/h7,9,12,14,18H,3-6,8,10-11H2,1-2H3. The van der Waals surface area contributed by atoms with E-state index in [1.807, 2.05) is 4.68 Å². The Morgan fingerprint density at radius 2 is 2.28 bits per heavy atom. The highest BCUT2D eigenvalue weighted by Crippen LogP contribution is 2.26. The number of aliphatic hydroxyl groups is 1. The third-order valence-corrected chi connectivity index (χ3v) is 3.75. The first kappa shape index (κ1) is 13.6. The lowest BCUT2D eigenvalue weighted by molar-refractivity contribution is 0.108. The topological polar surface area (TPSA) is 41.3 Å². The minimum atomic E-state index is 0.281. The van der Waals surface area contributed by atoms with Gasteiger partial charge >= 0.3 is 0 Å². The number of nitrogens with zero attached hydrogens (tertiary/aromatic N) is 3. The molecule has 0 bridgehead atoms. The van der Waals surface area contributed by atoms with Gasteiger partial charge in [-0.15, -0.1) is 0 Å². The molecule has 1 aliphatic rings. The molecule has 0 unspecified atom stereocenters. The molecule has 1 heterocycles. The van der Waals surface area contributed by atoms with E-state index in [1.165, 1.54) is 19.3 Å². The maximum atomic E-state index is 8.98. The third-order valence-electron chi connectivity index (χ3n) is 3.75. The molecule has 4 nitrogen and oxygen atoms in total. The van der Waals surface area contributed by atoms with Crippen LogP contribution in [0, 0.1) is 0 Å². The molecular formula is C14H25N3O. The van der Waals surface area contributed by atoms with Crippen LogP contribution in [0.15, 0.2) is 12.3 Å². The van der Waals surface area contributed by atoms with Gasteiger partial charge in [-0.25, -0.2) is 0 Å². The highest BCUT2D eigenvalue weighted by molar-refractivity contribution is 5.00. The number of aliphatic hydroxyl groups excluding tert-OH is 1. The average molecular weight is 251 g/mol. The summed E-state index contributed by atoms with van der Waals surface area (Å²) >= 11 is 0. The van der Waals surface area contributed by atoms with E-state index in [4.69, 9.17) is 5.11 Å². The van der Waals surface area contributed by atoms with E-state index >= 15 is 0 Å². The number of aromatic nitrogens is 2. The predicted molar refractivity (Wildman–Crippen MR) is 72.4 cm³/mol. The maximum Gasteiger partial charge on any atom is 0.0764 e. The average Bonchev–Trinajstić information content (AvgIpc) is 2.72. The Balaban J connectivity index is 1.93. The zero-order valence-electron chi connectivity index (χ0n) is 11.5. The number of rotatable bonds is 7. The lowest BCUT2D eigenvalue weighted by Crippen LogP contribution is -2.40. The van der Waals surface area contributed by atoms with Crippen LogP contribution in [-0.4, -0.2) is 39.0 Å². The summed E-state index contributed by atoms with van der Waals surface area (Å²) in [5.41, 5.74) is 1.15. The van der Waals surface area contributed by atoms with Crippen molar-refractivity contribution in [3.63, 3.8) is 0 Å². The second kappa shape index (κ2) is 6.34. The predicted octanol–water partition coefficient (Wildman–Crippen LogP) is 2.20. The quantitative estimate of drug-likeness (QED) is 0.807. The van der Waals surface area contributed by atoms with Crippen molar-refractivity contribution in [3.05, 3.63) is 18.0 Å². The molecular weight excluding hydrogens is 226 g/mol. The molecule has 1 aromatic rings. The summed E-state index contributed by atoms with van der Waals surface area (Å²) in [7, 11) is 0. The molecule has 0 aliphatic heterocycles. The Morgan fingerprint density at radius 3 is 2.78 bits per heavy atom. The minimum Gasteiger partial charge on any atom is -0.396 e. The smallest absolute Gasteiger partial charge is 0.0764 e. The molecule has 0 saturated heterocycles. The molecule has 1 fully saturated rings. The molecule has 102 valence electrons. The number of hydrogen-bond donors (Lipinski definition) is 1. The summed E-state index contributed by atoms with van der Waals surface area (Å²) in [6.07, 6.45) is 6.87. The zero-order valence-corrected chi connectivity index (χ0v) is 11.5. The van der Waals surface area contributed by atoms with E-state index in [0.29, 0.717) is 12.1 Å². The van der Waals surface area contributed by atoms with E-state index in [9.17, 15) is 0 Å². The van der Waals surface area contributed by atoms with Crippen LogP contribution in [0.2, 0.25) is 0 Å². The van der Waals surface area contributed by atoms with Crippen LogP contribution in [0.1, 0.15) is 51.3 Å². The Hall–Kier alpha value is -0.870. The Morgan fingerprint density at radius 1 is 1.50 bits per heavy atom. The molecule has 1 N–H and O–H groups in total. The van der Waals surface area contributed by atoms with Crippen molar-refractivity contribution in [3.8, 4) is 0 Å². The molecule has 1 aliphatic carbocycles. The second-order valence-electron chi connectivity index (χ2n) is 5.51. The molecule has 1 aromatic heterocycles. The van der Waals surface area contributed by atoms with Crippen molar-refractivity contribution in [2.45, 2.75) is 58.2 Å². The fourth-order valence-corrected chi connectivity index (χ4v) is 2.37. The van der Waals surface area contributed by atoms with Crippen molar-refractivity contribution in [2.24, 2.45) is 0 Å². The fourth-order valence-electron chi connectivity index (χ4n) is 2.37. The molecule has 0 atom stereocenters. The summed E-state index contributed by atoms with van der Waals surface area (Å²) < 4.78 is 2.01. The van der Waals surface area contributed by atoms with Crippen LogP contribution in [0.3, 0.4) is 0 Å². The first-order chi connectivity index (χ1) is 8.70. The van der Waals surface area contributed by atoms with Crippen LogP contribution in [0.5, 0.6) is 0 Å². The van der Waals surface area contributed by atoms with Gasteiger partial charge in [0.05, 0.1) is 5.69 Å². The van der Waals surface area contributed by atoms with Crippen molar-refractivity contribution in [1.29, 1.82) is 0 Å². The van der Waals surface area contributed by atoms with Crippen LogP contribution in [0.4, 0.5) is 0 Å². The summed E-state index contributed by atoms with van der Waals surface area (Å²) in [6, 6.07) is 3.25. The largest absolute Gasteiger partial charge is 0.396 e. The van der Waals surface area contributed by atoms with Crippen molar-refractivity contribution in [2.75, 3.05) is 13.2 Å². The summed E-state index contributed by atoms with van der Waals surface area (Å²) in [5, 5.41) is 13.6. The van der Waals surface area contributed by atoms with Crippen molar-refractivity contribution >= 4 is 0 Å². The molecule has 18 heavy (non-hydrogen) atoms. The summed E-state index contributed by atoms with van der Waals surface area (Å²) in [4.78, 5) is 2.48. The van der Waals surface area contributed by atoms with E-state index in [-0.39, 0.29) is 6.61 Å². The highest BCUT2D eigenvalue weighted by Gasteiger charge is 2.25. The van der Waals surface area contributed by atoms with Crippen LogP contribution >= 0.6 is 0 Å². The molecule has 0 spiro atoms. The van der Waals surface area contributed by atoms with Gasteiger partial charge in [0.1, 0.15) is 0 Å². The summed E-state index contributed by atoms with van der Waals surface area (Å²) in [5.74, 6) is 0. The van der Waals surface area contributed by atoms with Crippen molar-refractivity contribution < 1.29 is 5.11 Å². The molecule has 1 saturated carbocycles. The van der Waals surface area contributed by atoms with E-state index < -0.39 is 0 Å². The van der Waals surface area contributed by atoms with Gasteiger partial charge in [-0.1, -0.05) is 6.42 Å². The molecule has 0 radical (unpaired) electrons.